The molecule has 5 heterocycles. The Balaban J connectivity index is 1.41. The molecular formula is C58H84N16O16S4. The number of nitrogens with one attached hydrogen (secondary N) is 13. The fourth-order valence-electron chi connectivity index (χ4n) is 10.3. The number of nitrogens with two attached hydrogens (primary N) is 1. The molecule has 0 unspecified atom stereocenters. The number of aliphatic hydroxyl groups is 1. The highest BCUT2D eigenvalue weighted by atomic mass is 33.1. The lowest BCUT2D eigenvalue weighted by molar-refractivity contribution is -0.142. The Kier molecular flexibility index (Phi) is 28.9. The van der Waals surface area contributed by atoms with Crippen LogP contribution in [0.4, 0.5) is 0 Å². The maximum atomic E-state index is 15.0. The van der Waals surface area contributed by atoms with E-state index in [1.54, 1.807) is 41.5 Å². The van der Waals surface area contributed by atoms with Crippen LogP contribution >= 0.6 is 43.2 Å². The number of aliphatic hydroxyl groups excluding tert-OH is 1. The predicted molar refractivity (Wildman–Crippen MR) is 348 cm³/mol. The molecule has 4 fully saturated rings. The SMILES string of the molecule is CC[C@H](C)[C@@H]1NC(=O)[C@H](Cc2ccc(O)cc2)NC(=O)CNC(=O)[C@@H]2CSSC[C@H](NC(=O)[C@H](CC(C)C)NC1=O)C(=O)N[C@@H](Cc1cnc[nH]1)C(=O)N1C[C@H](O)C[C@H]1C(=O)N[C@H](C(N)=O)CSSC[C@H](NC(=O)[C@@H](NC(=O)CNC(=O)[C@@H]1CCC(=O)N1)C(C)C)C(=O)N2. The Morgan fingerprint density at radius 3 is 1.98 bits per heavy atom. The second-order valence-electron chi connectivity index (χ2n) is 24.0. The standard InChI is InChI=1S/C58H84N16O16S4/c1-7-29(6)47-57(89)66-35(14-27(2)3)51(83)70-40-24-94-92-23-39(50(82)62-19-44(78)65-36(52(84)73-47)15-30-8-10-32(75)11-9-30)69-54(86)41(71-56(88)46(28(4)5)72-45(79)20-61-49(81)34-12-13-43(77)64-34)25-93-91-22-38(48(59)80)68-55(87)42-17-33(76)21-74(42)58(90)37(67-53(40)85)16-31-18-60-26-63-31/h8-11,18,26-29,33-42,46-47,75-76H,7,12-17,19-25H2,1-6H3,(H2,59,80)(H,60,63)(H,61,81)(H,62,82)(H,64,77)(H,65,78)(H,66,89)(H,67,85)(H,68,87)(H,69,86)(H,70,83)(H,71,88)(H,72,79)(H,73,84)/t29-,33+,34-,35-,36-,37-,38-,39-,40-,41-,42-,46-,47-/m0/s1. The summed E-state index contributed by atoms with van der Waals surface area (Å²) >= 11 is 0. The number of aromatic nitrogens is 2. The van der Waals surface area contributed by atoms with E-state index < -0.39 is 181 Å². The van der Waals surface area contributed by atoms with Gasteiger partial charge in [-0.2, -0.15) is 0 Å². The number of aromatic hydroxyl groups is 1. The molecule has 17 N–H and O–H groups in total. The van der Waals surface area contributed by atoms with Crippen molar-refractivity contribution in [1.29, 1.82) is 0 Å². The average molecular weight is 1390 g/mol. The number of fused-ring (bicyclic) bond motifs is 6. The maximum absolute atomic E-state index is 15.0. The monoisotopic (exact) mass is 1390 g/mol. The van der Waals surface area contributed by atoms with E-state index in [4.69, 9.17) is 5.73 Å². The van der Waals surface area contributed by atoms with E-state index in [9.17, 15) is 77.3 Å². The highest BCUT2D eigenvalue weighted by molar-refractivity contribution is 8.77. The Morgan fingerprint density at radius 2 is 1.35 bits per heavy atom. The second-order valence-corrected chi connectivity index (χ2v) is 29.1. The van der Waals surface area contributed by atoms with Crippen molar-refractivity contribution < 1.29 is 77.3 Å². The molecule has 94 heavy (non-hydrogen) atoms. The number of imidazole rings is 1. The molecule has 0 radical (unpaired) electrons. The van der Waals surface area contributed by atoms with Crippen LogP contribution in [0.3, 0.4) is 0 Å². The van der Waals surface area contributed by atoms with E-state index in [2.05, 4.69) is 73.8 Å². The molecule has 1 aromatic carbocycles. The first kappa shape index (κ1) is 75.2. The van der Waals surface area contributed by atoms with Crippen molar-refractivity contribution in [2.24, 2.45) is 23.5 Å². The van der Waals surface area contributed by atoms with Gasteiger partial charge in [0.05, 0.1) is 25.5 Å². The van der Waals surface area contributed by atoms with Crippen molar-refractivity contribution in [3.05, 3.63) is 48.0 Å². The zero-order valence-corrected chi connectivity index (χ0v) is 56.0. The molecule has 13 atom stereocenters. The Hall–Kier alpha value is -7.83. The van der Waals surface area contributed by atoms with Gasteiger partial charge in [-0.25, -0.2) is 4.98 Å². The Labute approximate surface area is 558 Å². The molecule has 6 rings (SSSR count). The number of benzene rings is 1. The van der Waals surface area contributed by atoms with Crippen LogP contribution in [0.5, 0.6) is 5.75 Å². The summed E-state index contributed by atoms with van der Waals surface area (Å²) in [6.07, 6.45) is 1.36. The van der Waals surface area contributed by atoms with E-state index in [0.717, 1.165) is 48.1 Å². The van der Waals surface area contributed by atoms with Crippen molar-refractivity contribution in [3.8, 4) is 5.75 Å². The minimum Gasteiger partial charge on any atom is -0.508 e. The normalized spacial score (nSPS) is 26.9. The number of H-pyrrole nitrogens is 1. The van der Waals surface area contributed by atoms with Crippen LogP contribution in [0.2, 0.25) is 0 Å². The van der Waals surface area contributed by atoms with Gasteiger partial charge in [-0.15, -0.1) is 0 Å². The molecule has 0 aliphatic carbocycles. The van der Waals surface area contributed by atoms with Crippen molar-refractivity contribution in [2.75, 3.05) is 42.6 Å². The highest BCUT2D eigenvalue weighted by Crippen LogP contribution is 2.27. The van der Waals surface area contributed by atoms with E-state index in [1.165, 1.54) is 36.8 Å². The van der Waals surface area contributed by atoms with E-state index in [0.29, 0.717) is 17.7 Å². The van der Waals surface area contributed by atoms with Crippen molar-refractivity contribution >= 4 is 126 Å². The number of hydrogen-bond acceptors (Lipinski definition) is 21. The highest BCUT2D eigenvalue weighted by Gasteiger charge is 2.44. The van der Waals surface area contributed by atoms with Crippen LogP contribution in [0.1, 0.15) is 84.9 Å². The maximum Gasteiger partial charge on any atom is 0.246 e. The summed E-state index contributed by atoms with van der Waals surface area (Å²) < 4.78 is 0. The van der Waals surface area contributed by atoms with Crippen molar-refractivity contribution in [1.82, 2.24) is 78.7 Å². The van der Waals surface area contributed by atoms with Gasteiger partial charge in [0.1, 0.15) is 72.2 Å². The lowest BCUT2D eigenvalue weighted by atomic mass is 9.95. The number of aromatic amines is 1. The number of phenols is 1. The summed E-state index contributed by atoms with van der Waals surface area (Å²) in [5.41, 5.74) is 6.61. The van der Waals surface area contributed by atoms with Gasteiger partial charge in [-0.3, -0.25) is 67.1 Å². The molecule has 2 aromatic rings. The summed E-state index contributed by atoms with van der Waals surface area (Å²) in [5.74, 6) is -14.7. The van der Waals surface area contributed by atoms with Gasteiger partial charge in [0, 0.05) is 67.1 Å². The number of primary amides is 1. The zero-order valence-electron chi connectivity index (χ0n) is 52.7. The fraction of sp³-hybridized carbons (Fsp3) is 0.603. The lowest BCUT2D eigenvalue weighted by Gasteiger charge is -2.31. The Bertz CT molecular complexity index is 3080. The molecule has 36 heteroatoms. The van der Waals surface area contributed by atoms with Gasteiger partial charge >= 0.3 is 0 Å². The number of hydrogen-bond donors (Lipinski definition) is 16. The first-order valence-corrected chi connectivity index (χ1v) is 35.7. The first-order chi connectivity index (χ1) is 44.6. The van der Waals surface area contributed by atoms with Gasteiger partial charge in [0.25, 0.3) is 0 Å². The van der Waals surface area contributed by atoms with Gasteiger partial charge in [-0.1, -0.05) is 103 Å². The van der Waals surface area contributed by atoms with Gasteiger partial charge in [0.2, 0.25) is 82.7 Å². The molecule has 4 saturated heterocycles. The summed E-state index contributed by atoms with van der Waals surface area (Å²) in [5, 5.41) is 52.4. The number of nitrogens with zero attached hydrogens (tertiary/aromatic N) is 2. The minimum absolute atomic E-state index is 0.00237. The number of phenolic OH excluding ortho intramolecular Hbond substituents is 1. The van der Waals surface area contributed by atoms with Crippen LogP contribution in [0.15, 0.2) is 36.8 Å². The molecule has 4 aliphatic heterocycles. The lowest BCUT2D eigenvalue weighted by Crippen LogP contribution is -2.61. The molecule has 32 nitrogen and oxygen atoms in total. The molecule has 0 spiro atoms. The molecular weight excluding hydrogens is 1310 g/mol. The topological polar surface area (TPSA) is 482 Å². The summed E-state index contributed by atoms with van der Waals surface area (Å²) in [7, 11) is 3.67. The summed E-state index contributed by atoms with van der Waals surface area (Å²) in [4.78, 5) is 204. The Morgan fingerprint density at radius 1 is 0.702 bits per heavy atom. The molecule has 14 amide bonds. The number of rotatable bonds is 16. The fourth-order valence-corrected chi connectivity index (χ4v) is 14.9. The third-order valence-corrected chi connectivity index (χ3v) is 20.6. The number of carbonyl (C=O) groups excluding carboxylic acids is 14. The van der Waals surface area contributed by atoms with Crippen LogP contribution in [0, 0.1) is 17.8 Å². The predicted octanol–water partition coefficient (Wildman–Crippen LogP) is -4.24. The largest absolute Gasteiger partial charge is 0.508 e. The number of amides is 14. The van der Waals surface area contributed by atoms with Crippen LogP contribution in [-0.4, -0.2) is 223 Å². The molecule has 2 bridgehead atoms. The smallest absolute Gasteiger partial charge is 0.246 e. The average Bonchev–Trinajstić information content (AvgIpc) is 1.66. The molecule has 1 aromatic heterocycles. The quantitative estimate of drug-likeness (QED) is 0.0708. The van der Waals surface area contributed by atoms with Crippen LogP contribution in [0.25, 0.3) is 0 Å². The molecule has 516 valence electrons. The van der Waals surface area contributed by atoms with Crippen molar-refractivity contribution in [2.45, 2.75) is 159 Å². The van der Waals surface area contributed by atoms with E-state index in [-0.39, 0.29) is 79.1 Å². The summed E-state index contributed by atoms with van der Waals surface area (Å²) in [6, 6.07) is -9.75. The number of carbonyl (C=O) groups is 14. The van der Waals surface area contributed by atoms with Gasteiger partial charge in [-0.05, 0) is 48.3 Å². The second kappa shape index (κ2) is 36.2. The third-order valence-electron chi connectivity index (χ3n) is 15.7. The molecule has 0 saturated carbocycles. The van der Waals surface area contributed by atoms with Crippen molar-refractivity contribution in [3.63, 3.8) is 0 Å². The molecule has 4 aliphatic rings. The van der Waals surface area contributed by atoms with E-state index in [1.807, 2.05) is 0 Å². The van der Waals surface area contributed by atoms with E-state index >= 15 is 0 Å². The van der Waals surface area contributed by atoms with Crippen LogP contribution < -0.4 is 69.5 Å². The van der Waals surface area contributed by atoms with Gasteiger partial charge < -0.3 is 89.6 Å². The summed E-state index contributed by atoms with van der Waals surface area (Å²) in [6.45, 7) is 8.40. The minimum atomic E-state index is -1.60. The van der Waals surface area contributed by atoms with Gasteiger partial charge in [0.15, 0.2) is 0 Å². The van der Waals surface area contributed by atoms with Crippen LogP contribution in [-0.2, 0) is 80.0 Å². The third kappa shape index (κ3) is 22.7. The first-order valence-electron chi connectivity index (χ1n) is 30.7. The zero-order chi connectivity index (χ0) is 68.9.